The number of nitrogens with zero attached hydrogens (tertiary/aromatic N) is 2. The molecule has 0 saturated heterocycles. The van der Waals surface area contributed by atoms with Gasteiger partial charge in [-0.05, 0) is 44.5 Å². The van der Waals surface area contributed by atoms with Crippen molar-refractivity contribution in [3.63, 3.8) is 0 Å². The van der Waals surface area contributed by atoms with E-state index in [1.54, 1.807) is 0 Å². The minimum absolute atomic E-state index is 0.714. The Balaban J connectivity index is 1.83. The van der Waals surface area contributed by atoms with Crippen molar-refractivity contribution in [2.75, 3.05) is 20.6 Å². The summed E-state index contributed by atoms with van der Waals surface area (Å²) in [6, 6.07) is 4.87. The largest absolute Gasteiger partial charge is 0.317 e. The van der Waals surface area contributed by atoms with Crippen molar-refractivity contribution in [1.82, 2.24) is 15.2 Å². The molecule has 3 nitrogen and oxygen atoms in total. The first-order chi connectivity index (χ1) is 8.29. The van der Waals surface area contributed by atoms with Crippen LogP contribution in [0.25, 0.3) is 0 Å². The van der Waals surface area contributed by atoms with Gasteiger partial charge in [0.05, 0.1) is 0 Å². The first kappa shape index (κ1) is 12.5. The van der Waals surface area contributed by atoms with Gasteiger partial charge in [-0.2, -0.15) is 0 Å². The molecule has 1 N–H and O–H groups in total. The van der Waals surface area contributed by atoms with Crippen LogP contribution in [0.15, 0.2) is 24.5 Å². The molecule has 2 atom stereocenters. The summed E-state index contributed by atoms with van der Waals surface area (Å²) in [5.41, 5.74) is 1.30. The molecule has 0 aliphatic heterocycles. The molecule has 0 aromatic carbocycles. The maximum Gasteiger partial charge on any atom is 0.0312 e. The Morgan fingerprint density at radius 2 is 2.35 bits per heavy atom. The first-order valence-electron chi connectivity index (χ1n) is 6.54. The Morgan fingerprint density at radius 1 is 1.47 bits per heavy atom. The fourth-order valence-corrected chi connectivity index (χ4v) is 2.90. The van der Waals surface area contributed by atoms with E-state index in [-0.39, 0.29) is 0 Å². The van der Waals surface area contributed by atoms with Crippen molar-refractivity contribution in [2.24, 2.45) is 5.92 Å². The molecule has 2 unspecified atom stereocenters. The van der Waals surface area contributed by atoms with Crippen LogP contribution in [-0.2, 0) is 6.54 Å². The molecule has 0 spiro atoms. The summed E-state index contributed by atoms with van der Waals surface area (Å²) >= 11 is 0. The normalized spacial score (nSPS) is 24.4. The van der Waals surface area contributed by atoms with E-state index < -0.39 is 0 Å². The molecule has 1 aliphatic carbocycles. The second kappa shape index (κ2) is 6.12. The molecule has 1 heterocycles. The Bertz CT molecular complexity index is 325. The second-order valence-corrected chi connectivity index (χ2v) is 5.14. The van der Waals surface area contributed by atoms with Crippen LogP contribution < -0.4 is 5.32 Å². The third kappa shape index (κ3) is 3.51. The van der Waals surface area contributed by atoms with E-state index in [0.717, 1.165) is 12.5 Å². The topological polar surface area (TPSA) is 28.2 Å². The van der Waals surface area contributed by atoms with Gasteiger partial charge in [-0.3, -0.25) is 4.98 Å². The number of pyridine rings is 1. The lowest BCUT2D eigenvalue weighted by molar-refractivity contribution is 0.249. The molecule has 1 saturated carbocycles. The van der Waals surface area contributed by atoms with Gasteiger partial charge in [0, 0.05) is 31.5 Å². The van der Waals surface area contributed by atoms with Crippen LogP contribution in [0.2, 0.25) is 0 Å². The predicted octanol–water partition coefficient (Wildman–Crippen LogP) is 1.90. The molecule has 0 radical (unpaired) electrons. The first-order valence-corrected chi connectivity index (χ1v) is 6.54. The zero-order chi connectivity index (χ0) is 12.1. The number of rotatable bonds is 5. The van der Waals surface area contributed by atoms with Crippen molar-refractivity contribution < 1.29 is 0 Å². The van der Waals surface area contributed by atoms with Gasteiger partial charge in [0.25, 0.3) is 0 Å². The fraction of sp³-hybridized carbons (Fsp3) is 0.643. The lowest BCUT2D eigenvalue weighted by Gasteiger charge is -2.25. The Morgan fingerprint density at radius 3 is 3.06 bits per heavy atom. The van der Waals surface area contributed by atoms with E-state index >= 15 is 0 Å². The summed E-state index contributed by atoms with van der Waals surface area (Å²) in [7, 11) is 4.29. The summed E-state index contributed by atoms with van der Waals surface area (Å²) in [6.07, 6.45) is 7.86. The van der Waals surface area contributed by atoms with Gasteiger partial charge in [-0.1, -0.05) is 12.5 Å². The van der Waals surface area contributed by atoms with Crippen molar-refractivity contribution in [2.45, 2.75) is 31.8 Å². The summed E-state index contributed by atoms with van der Waals surface area (Å²) < 4.78 is 0. The average molecular weight is 233 g/mol. The van der Waals surface area contributed by atoms with E-state index in [4.69, 9.17) is 0 Å². The predicted molar refractivity (Wildman–Crippen MR) is 70.8 cm³/mol. The minimum atomic E-state index is 0.714. The average Bonchev–Trinajstić information content (AvgIpc) is 2.77. The highest BCUT2D eigenvalue weighted by Crippen LogP contribution is 2.26. The zero-order valence-electron chi connectivity index (χ0n) is 10.9. The molecule has 0 bridgehead atoms. The summed E-state index contributed by atoms with van der Waals surface area (Å²) in [5, 5.41) is 3.44. The minimum Gasteiger partial charge on any atom is -0.317 e. The molecule has 0 amide bonds. The van der Waals surface area contributed by atoms with Crippen LogP contribution in [0, 0.1) is 5.92 Å². The standard InChI is InChI=1S/C14H23N3/c1-15-14-7-3-6-13(14)11-17(2)10-12-5-4-8-16-9-12/h4-5,8-9,13-15H,3,6-7,10-11H2,1-2H3. The lowest BCUT2D eigenvalue weighted by Crippen LogP contribution is -2.36. The van der Waals surface area contributed by atoms with Crippen LogP contribution in [0.4, 0.5) is 0 Å². The molecule has 2 rings (SSSR count). The van der Waals surface area contributed by atoms with Crippen molar-refractivity contribution in [3.8, 4) is 0 Å². The molecule has 1 aromatic heterocycles. The molecule has 1 fully saturated rings. The van der Waals surface area contributed by atoms with E-state index in [0.29, 0.717) is 6.04 Å². The van der Waals surface area contributed by atoms with Crippen LogP contribution in [-0.4, -0.2) is 36.6 Å². The maximum absolute atomic E-state index is 4.16. The number of hydrogen-bond acceptors (Lipinski definition) is 3. The molecular weight excluding hydrogens is 210 g/mol. The number of aromatic nitrogens is 1. The Labute approximate surface area is 104 Å². The van der Waals surface area contributed by atoms with Crippen molar-refractivity contribution in [3.05, 3.63) is 30.1 Å². The molecule has 1 aliphatic rings. The monoisotopic (exact) mass is 233 g/mol. The highest BCUT2D eigenvalue weighted by atomic mass is 15.1. The molecule has 3 heteroatoms. The van der Waals surface area contributed by atoms with Gasteiger partial charge >= 0.3 is 0 Å². The van der Waals surface area contributed by atoms with E-state index in [2.05, 4.69) is 35.4 Å². The van der Waals surface area contributed by atoms with Crippen LogP contribution in [0.1, 0.15) is 24.8 Å². The van der Waals surface area contributed by atoms with Crippen molar-refractivity contribution >= 4 is 0 Å². The molecule has 94 valence electrons. The van der Waals surface area contributed by atoms with Gasteiger partial charge in [-0.25, -0.2) is 0 Å². The van der Waals surface area contributed by atoms with Crippen LogP contribution >= 0.6 is 0 Å². The van der Waals surface area contributed by atoms with Gasteiger partial charge in [0.2, 0.25) is 0 Å². The third-order valence-electron chi connectivity index (χ3n) is 3.75. The van der Waals surface area contributed by atoms with Gasteiger partial charge in [0.15, 0.2) is 0 Å². The highest BCUT2D eigenvalue weighted by Gasteiger charge is 2.26. The van der Waals surface area contributed by atoms with E-state index in [1.807, 2.05) is 18.5 Å². The van der Waals surface area contributed by atoms with Crippen molar-refractivity contribution in [1.29, 1.82) is 0 Å². The summed E-state index contributed by atoms with van der Waals surface area (Å²) in [4.78, 5) is 6.58. The smallest absolute Gasteiger partial charge is 0.0312 e. The molecule has 17 heavy (non-hydrogen) atoms. The second-order valence-electron chi connectivity index (χ2n) is 5.14. The van der Waals surface area contributed by atoms with Gasteiger partial charge < -0.3 is 10.2 Å². The van der Waals surface area contributed by atoms with Gasteiger partial charge in [0.1, 0.15) is 0 Å². The number of nitrogens with one attached hydrogen (secondary N) is 1. The Hall–Kier alpha value is -0.930. The maximum atomic E-state index is 4.16. The van der Waals surface area contributed by atoms with Gasteiger partial charge in [-0.15, -0.1) is 0 Å². The third-order valence-corrected chi connectivity index (χ3v) is 3.75. The fourth-order valence-electron chi connectivity index (χ4n) is 2.90. The quantitative estimate of drug-likeness (QED) is 0.842. The number of hydrogen-bond donors (Lipinski definition) is 1. The van der Waals surface area contributed by atoms with E-state index in [1.165, 1.54) is 31.4 Å². The summed E-state index contributed by atoms with van der Waals surface area (Å²) in [5.74, 6) is 0.807. The summed E-state index contributed by atoms with van der Waals surface area (Å²) in [6.45, 7) is 2.18. The van der Waals surface area contributed by atoms with E-state index in [9.17, 15) is 0 Å². The highest BCUT2D eigenvalue weighted by molar-refractivity contribution is 5.08. The Kier molecular flexibility index (Phi) is 4.51. The SMILES string of the molecule is CNC1CCCC1CN(C)Cc1cccnc1. The lowest BCUT2D eigenvalue weighted by atomic mass is 10.0. The molecular formula is C14H23N3. The zero-order valence-corrected chi connectivity index (χ0v) is 10.9. The molecule has 1 aromatic rings. The van der Waals surface area contributed by atoms with Crippen LogP contribution in [0.3, 0.4) is 0 Å². The van der Waals surface area contributed by atoms with Crippen LogP contribution in [0.5, 0.6) is 0 Å².